The fourth-order valence-corrected chi connectivity index (χ4v) is 1.64. The molecule has 0 aromatic heterocycles. The number of nitrogens with zero attached hydrogens (tertiary/aromatic N) is 2. The molecule has 0 atom stereocenters. The molecule has 0 heterocycles. The molecule has 0 saturated heterocycles. The van der Waals surface area contributed by atoms with Gasteiger partial charge >= 0.3 is 0 Å². The number of aryl methyl sites for hydroxylation is 1. The van der Waals surface area contributed by atoms with Crippen molar-refractivity contribution in [3.8, 4) is 5.75 Å². The predicted molar refractivity (Wildman–Crippen MR) is 77.8 cm³/mol. The summed E-state index contributed by atoms with van der Waals surface area (Å²) in [7, 11) is 0. The van der Waals surface area contributed by atoms with Gasteiger partial charge in [-0.15, -0.1) is 5.11 Å². The lowest BCUT2D eigenvalue weighted by Crippen LogP contribution is -2.04. The van der Waals surface area contributed by atoms with Gasteiger partial charge in [-0.05, 0) is 48.9 Å². The number of hydrogen-bond donors (Lipinski definition) is 2. The fourth-order valence-electron chi connectivity index (χ4n) is 1.64. The average Bonchev–Trinajstić information content (AvgIpc) is 2.41. The van der Waals surface area contributed by atoms with E-state index in [0.29, 0.717) is 17.1 Å². The second-order valence-corrected chi connectivity index (χ2v) is 4.42. The second kappa shape index (κ2) is 5.97. The monoisotopic (exact) mass is 269 g/mol. The number of nitrogens with one attached hydrogen (secondary N) is 1. The molecule has 0 unspecified atom stereocenters. The van der Waals surface area contributed by atoms with E-state index in [9.17, 15) is 9.90 Å². The van der Waals surface area contributed by atoms with Gasteiger partial charge in [-0.3, -0.25) is 4.79 Å². The van der Waals surface area contributed by atoms with Crippen molar-refractivity contribution in [1.29, 1.82) is 0 Å². The first-order valence-corrected chi connectivity index (χ1v) is 6.13. The van der Waals surface area contributed by atoms with Crippen LogP contribution in [-0.4, -0.2) is 11.0 Å². The van der Waals surface area contributed by atoms with E-state index in [2.05, 4.69) is 15.5 Å². The summed E-state index contributed by atoms with van der Waals surface area (Å²) >= 11 is 0. The molecule has 0 fully saturated rings. The van der Waals surface area contributed by atoms with E-state index in [1.807, 2.05) is 6.92 Å². The molecule has 2 rings (SSSR count). The van der Waals surface area contributed by atoms with Crippen LogP contribution in [0.3, 0.4) is 0 Å². The number of phenols is 1. The summed E-state index contributed by atoms with van der Waals surface area (Å²) < 4.78 is 0. The topological polar surface area (TPSA) is 74.0 Å². The van der Waals surface area contributed by atoms with E-state index in [-0.39, 0.29) is 11.7 Å². The van der Waals surface area contributed by atoms with E-state index in [1.165, 1.54) is 6.92 Å². The molecule has 0 saturated carbocycles. The van der Waals surface area contributed by atoms with Crippen LogP contribution in [0.1, 0.15) is 12.5 Å². The first-order valence-electron chi connectivity index (χ1n) is 6.13. The number of anilines is 1. The van der Waals surface area contributed by atoms with Crippen LogP contribution in [0.15, 0.2) is 52.7 Å². The maximum Gasteiger partial charge on any atom is 0.221 e. The first-order chi connectivity index (χ1) is 9.54. The van der Waals surface area contributed by atoms with Crippen LogP contribution < -0.4 is 5.32 Å². The molecule has 2 aromatic carbocycles. The molecular formula is C15H15N3O2. The Kier molecular flexibility index (Phi) is 4.10. The highest BCUT2D eigenvalue weighted by molar-refractivity contribution is 5.88. The molecule has 0 aliphatic carbocycles. The van der Waals surface area contributed by atoms with Gasteiger partial charge in [-0.25, -0.2) is 0 Å². The summed E-state index contributed by atoms with van der Waals surface area (Å²) in [4.78, 5) is 10.9. The quantitative estimate of drug-likeness (QED) is 0.824. The van der Waals surface area contributed by atoms with Gasteiger partial charge < -0.3 is 10.4 Å². The van der Waals surface area contributed by atoms with Gasteiger partial charge in [0.25, 0.3) is 0 Å². The molecular weight excluding hydrogens is 254 g/mol. The Morgan fingerprint density at radius 1 is 1.10 bits per heavy atom. The molecule has 2 N–H and O–H groups in total. The van der Waals surface area contributed by atoms with Crippen molar-refractivity contribution >= 4 is 23.0 Å². The molecule has 102 valence electrons. The molecule has 0 aliphatic heterocycles. The van der Waals surface area contributed by atoms with Crippen LogP contribution in [-0.2, 0) is 4.79 Å². The Morgan fingerprint density at radius 3 is 2.45 bits per heavy atom. The van der Waals surface area contributed by atoms with Crippen molar-refractivity contribution in [2.24, 2.45) is 10.2 Å². The van der Waals surface area contributed by atoms with Gasteiger partial charge in [0.15, 0.2) is 0 Å². The minimum Gasteiger partial charge on any atom is -0.506 e. The van der Waals surface area contributed by atoms with E-state index in [4.69, 9.17) is 0 Å². The number of azo groups is 1. The molecule has 2 aromatic rings. The Balaban J connectivity index is 2.15. The molecule has 20 heavy (non-hydrogen) atoms. The zero-order chi connectivity index (χ0) is 14.5. The van der Waals surface area contributed by atoms with E-state index < -0.39 is 0 Å². The normalized spacial score (nSPS) is 10.7. The lowest BCUT2D eigenvalue weighted by Gasteiger charge is -2.01. The zero-order valence-corrected chi connectivity index (χ0v) is 11.3. The summed E-state index contributed by atoms with van der Waals surface area (Å²) in [6, 6.07) is 12.1. The molecule has 1 amide bonds. The Labute approximate surface area is 117 Å². The number of hydrogen-bond acceptors (Lipinski definition) is 4. The highest BCUT2D eigenvalue weighted by Gasteiger charge is 2.00. The second-order valence-electron chi connectivity index (χ2n) is 4.42. The van der Waals surface area contributed by atoms with Gasteiger partial charge in [0.1, 0.15) is 11.4 Å². The Hall–Kier alpha value is -2.69. The van der Waals surface area contributed by atoms with Gasteiger partial charge in [0.2, 0.25) is 5.91 Å². The number of carbonyl (C=O) groups excluding carboxylic acids is 1. The average molecular weight is 269 g/mol. The van der Waals surface area contributed by atoms with Crippen LogP contribution in [0.25, 0.3) is 0 Å². The maximum atomic E-state index is 10.9. The minimum absolute atomic E-state index is 0.0919. The predicted octanol–water partition coefficient (Wildman–Crippen LogP) is 4.07. The molecule has 5 heteroatoms. The Bertz CT molecular complexity index is 649. The standard InChI is InChI=1S/C15H15N3O2/c1-10-3-8-15(20)14(9-10)18-17-13-6-4-12(5-7-13)16-11(2)19/h3-9,20H,1-2H3,(H,16,19). The highest BCUT2D eigenvalue weighted by atomic mass is 16.3. The van der Waals surface area contributed by atoms with Gasteiger partial charge in [0, 0.05) is 12.6 Å². The Morgan fingerprint density at radius 2 is 1.80 bits per heavy atom. The summed E-state index contributed by atoms with van der Waals surface area (Å²) in [5, 5.41) is 20.4. The van der Waals surface area contributed by atoms with Crippen molar-refractivity contribution in [1.82, 2.24) is 0 Å². The van der Waals surface area contributed by atoms with E-state index >= 15 is 0 Å². The van der Waals surface area contributed by atoms with Crippen molar-refractivity contribution in [3.63, 3.8) is 0 Å². The highest BCUT2D eigenvalue weighted by Crippen LogP contribution is 2.29. The number of benzene rings is 2. The summed E-state index contributed by atoms with van der Waals surface area (Å²) in [5.74, 6) is -0.0294. The van der Waals surface area contributed by atoms with Crippen molar-refractivity contribution in [3.05, 3.63) is 48.0 Å². The smallest absolute Gasteiger partial charge is 0.221 e. The van der Waals surface area contributed by atoms with E-state index in [0.717, 1.165) is 5.56 Å². The lowest BCUT2D eigenvalue weighted by atomic mass is 10.2. The fraction of sp³-hybridized carbons (Fsp3) is 0.133. The lowest BCUT2D eigenvalue weighted by molar-refractivity contribution is -0.114. The van der Waals surface area contributed by atoms with Gasteiger partial charge in [-0.2, -0.15) is 5.11 Å². The van der Waals surface area contributed by atoms with Crippen molar-refractivity contribution in [2.45, 2.75) is 13.8 Å². The largest absolute Gasteiger partial charge is 0.506 e. The van der Waals surface area contributed by atoms with Crippen molar-refractivity contribution < 1.29 is 9.90 Å². The zero-order valence-electron chi connectivity index (χ0n) is 11.3. The van der Waals surface area contributed by atoms with Crippen LogP contribution in [0, 0.1) is 6.92 Å². The SMILES string of the molecule is CC(=O)Nc1ccc(N=Nc2cc(C)ccc2O)cc1. The summed E-state index contributed by atoms with van der Waals surface area (Å²) in [6.07, 6.45) is 0. The molecule has 0 spiro atoms. The maximum absolute atomic E-state index is 10.9. The number of carbonyl (C=O) groups is 1. The third-order valence-corrected chi connectivity index (χ3v) is 2.59. The van der Waals surface area contributed by atoms with Crippen molar-refractivity contribution in [2.75, 3.05) is 5.32 Å². The summed E-state index contributed by atoms with van der Waals surface area (Å²) in [6.45, 7) is 3.37. The molecule has 0 bridgehead atoms. The molecule has 0 aliphatic rings. The molecule has 5 nitrogen and oxygen atoms in total. The van der Waals surface area contributed by atoms with Gasteiger partial charge in [-0.1, -0.05) is 6.07 Å². The number of phenolic OH excluding ortho intramolecular Hbond substituents is 1. The van der Waals surface area contributed by atoms with Gasteiger partial charge in [0.05, 0.1) is 5.69 Å². The van der Waals surface area contributed by atoms with Crippen LogP contribution in [0.4, 0.5) is 17.1 Å². The van der Waals surface area contributed by atoms with Crippen LogP contribution >= 0.6 is 0 Å². The number of amides is 1. The third kappa shape index (κ3) is 3.65. The summed E-state index contributed by atoms with van der Waals surface area (Å²) in [5.41, 5.74) is 2.77. The van der Waals surface area contributed by atoms with E-state index in [1.54, 1.807) is 42.5 Å². The molecule has 0 radical (unpaired) electrons. The first kappa shape index (κ1) is 13.7. The van der Waals surface area contributed by atoms with Crippen LogP contribution in [0.5, 0.6) is 5.75 Å². The number of rotatable bonds is 3. The third-order valence-electron chi connectivity index (χ3n) is 2.59. The minimum atomic E-state index is -0.121. The van der Waals surface area contributed by atoms with Crippen LogP contribution in [0.2, 0.25) is 0 Å². The number of aromatic hydroxyl groups is 1.